The van der Waals surface area contributed by atoms with Crippen molar-refractivity contribution in [2.24, 2.45) is 5.84 Å². The Labute approximate surface area is 88.7 Å². The van der Waals surface area contributed by atoms with E-state index in [0.29, 0.717) is 5.82 Å². The number of rotatable bonds is 4. The number of aliphatic hydroxyl groups is 1. The Kier molecular flexibility index (Phi) is 2.75. The Morgan fingerprint density at radius 2 is 2.13 bits per heavy atom. The van der Waals surface area contributed by atoms with Crippen LogP contribution in [0.3, 0.4) is 0 Å². The highest BCUT2D eigenvalue weighted by atomic mass is 16.3. The van der Waals surface area contributed by atoms with Crippen molar-refractivity contribution in [2.45, 2.75) is 24.8 Å². The van der Waals surface area contributed by atoms with Gasteiger partial charge in [-0.2, -0.15) is 0 Å². The number of aromatic nitrogens is 1. The molecule has 1 aliphatic rings. The van der Waals surface area contributed by atoms with Gasteiger partial charge >= 0.3 is 0 Å². The molecule has 1 aromatic heterocycles. The van der Waals surface area contributed by atoms with Crippen LogP contribution in [0.25, 0.3) is 0 Å². The number of nitrogens with two attached hydrogens (primary N) is 1. The largest absolute Gasteiger partial charge is 0.394 e. The average molecular weight is 208 g/mol. The number of pyridine rings is 1. The average Bonchev–Trinajstić information content (AvgIpc) is 2.24. The molecule has 1 aromatic rings. The zero-order valence-electron chi connectivity index (χ0n) is 8.53. The first-order valence-electron chi connectivity index (χ1n) is 5.11. The Hall–Kier alpha value is -1.33. The Morgan fingerprint density at radius 1 is 1.40 bits per heavy atom. The van der Waals surface area contributed by atoms with Gasteiger partial charge in [0.1, 0.15) is 11.6 Å². The van der Waals surface area contributed by atoms with Crippen LogP contribution in [0.5, 0.6) is 0 Å². The first-order chi connectivity index (χ1) is 7.28. The first-order valence-corrected chi connectivity index (χ1v) is 5.11. The summed E-state index contributed by atoms with van der Waals surface area (Å²) in [5.74, 6) is 6.64. The van der Waals surface area contributed by atoms with Gasteiger partial charge in [-0.05, 0) is 31.4 Å². The van der Waals surface area contributed by atoms with Gasteiger partial charge in [0.05, 0.1) is 12.1 Å². The summed E-state index contributed by atoms with van der Waals surface area (Å²) in [5.41, 5.74) is 2.33. The SMILES string of the molecule is NNc1cccc(NC2(CO)CCC2)n1. The van der Waals surface area contributed by atoms with Gasteiger partial charge in [-0.15, -0.1) is 0 Å². The van der Waals surface area contributed by atoms with Crippen LogP contribution in [-0.4, -0.2) is 22.2 Å². The van der Waals surface area contributed by atoms with Crippen LogP contribution >= 0.6 is 0 Å². The smallest absolute Gasteiger partial charge is 0.142 e. The van der Waals surface area contributed by atoms with E-state index in [4.69, 9.17) is 5.84 Å². The summed E-state index contributed by atoms with van der Waals surface area (Å²) in [5, 5.41) is 12.6. The highest BCUT2D eigenvalue weighted by Gasteiger charge is 2.36. The second kappa shape index (κ2) is 4.04. The van der Waals surface area contributed by atoms with Crippen molar-refractivity contribution in [3.05, 3.63) is 18.2 Å². The van der Waals surface area contributed by atoms with E-state index in [0.717, 1.165) is 25.1 Å². The zero-order valence-corrected chi connectivity index (χ0v) is 8.53. The van der Waals surface area contributed by atoms with Crippen LogP contribution in [0, 0.1) is 0 Å². The molecule has 2 rings (SSSR count). The van der Waals surface area contributed by atoms with Gasteiger partial charge < -0.3 is 15.8 Å². The fourth-order valence-corrected chi connectivity index (χ4v) is 1.78. The summed E-state index contributed by atoms with van der Waals surface area (Å²) < 4.78 is 0. The number of anilines is 2. The number of nitrogen functional groups attached to an aromatic ring is 1. The summed E-state index contributed by atoms with van der Waals surface area (Å²) in [4.78, 5) is 4.25. The molecule has 0 aromatic carbocycles. The van der Waals surface area contributed by atoms with Gasteiger partial charge in [-0.3, -0.25) is 0 Å². The van der Waals surface area contributed by atoms with E-state index in [1.807, 2.05) is 12.1 Å². The molecule has 5 nitrogen and oxygen atoms in total. The summed E-state index contributed by atoms with van der Waals surface area (Å²) in [7, 11) is 0. The lowest BCUT2D eigenvalue weighted by molar-refractivity contribution is 0.144. The molecule has 5 N–H and O–H groups in total. The molecule has 0 saturated heterocycles. The predicted octanol–water partition coefficient (Wildman–Crippen LogP) is 0.694. The number of hydrogen-bond donors (Lipinski definition) is 4. The van der Waals surface area contributed by atoms with Crippen molar-refractivity contribution >= 4 is 11.6 Å². The van der Waals surface area contributed by atoms with Crippen LogP contribution < -0.4 is 16.6 Å². The third-order valence-corrected chi connectivity index (χ3v) is 2.90. The molecule has 1 saturated carbocycles. The third kappa shape index (κ3) is 2.03. The quantitative estimate of drug-likeness (QED) is 0.432. The van der Waals surface area contributed by atoms with E-state index in [2.05, 4.69) is 15.7 Å². The Bertz CT molecular complexity index is 332. The van der Waals surface area contributed by atoms with E-state index in [-0.39, 0.29) is 12.1 Å². The normalized spacial score (nSPS) is 18.0. The minimum atomic E-state index is -0.166. The van der Waals surface area contributed by atoms with Crippen molar-refractivity contribution in [2.75, 3.05) is 17.3 Å². The number of nitrogens with zero attached hydrogens (tertiary/aromatic N) is 1. The summed E-state index contributed by atoms with van der Waals surface area (Å²) in [6.07, 6.45) is 3.14. The lowest BCUT2D eigenvalue weighted by Gasteiger charge is -2.41. The van der Waals surface area contributed by atoms with E-state index in [9.17, 15) is 5.11 Å². The molecular formula is C10H16N4O. The molecule has 0 amide bonds. The minimum Gasteiger partial charge on any atom is -0.394 e. The maximum atomic E-state index is 9.29. The predicted molar refractivity (Wildman–Crippen MR) is 59.3 cm³/mol. The van der Waals surface area contributed by atoms with Gasteiger partial charge in [-0.25, -0.2) is 10.8 Å². The van der Waals surface area contributed by atoms with E-state index >= 15 is 0 Å². The maximum absolute atomic E-state index is 9.29. The molecule has 82 valence electrons. The molecule has 0 spiro atoms. The monoisotopic (exact) mass is 208 g/mol. The van der Waals surface area contributed by atoms with Crippen molar-refractivity contribution in [3.63, 3.8) is 0 Å². The highest BCUT2D eigenvalue weighted by molar-refractivity contribution is 5.46. The van der Waals surface area contributed by atoms with Crippen molar-refractivity contribution < 1.29 is 5.11 Å². The van der Waals surface area contributed by atoms with Crippen LogP contribution in [0.15, 0.2) is 18.2 Å². The lowest BCUT2D eigenvalue weighted by atomic mass is 9.77. The topological polar surface area (TPSA) is 83.2 Å². The van der Waals surface area contributed by atoms with Gasteiger partial charge in [0.25, 0.3) is 0 Å². The third-order valence-electron chi connectivity index (χ3n) is 2.90. The number of hydrazine groups is 1. The fourth-order valence-electron chi connectivity index (χ4n) is 1.78. The second-order valence-electron chi connectivity index (χ2n) is 3.97. The van der Waals surface area contributed by atoms with Gasteiger partial charge in [0, 0.05) is 0 Å². The number of hydrogen-bond acceptors (Lipinski definition) is 5. The van der Waals surface area contributed by atoms with Gasteiger partial charge in [0.2, 0.25) is 0 Å². The first kappa shape index (κ1) is 10.2. The molecule has 0 aliphatic heterocycles. The molecule has 1 fully saturated rings. The number of aliphatic hydroxyl groups excluding tert-OH is 1. The highest BCUT2D eigenvalue weighted by Crippen LogP contribution is 2.34. The van der Waals surface area contributed by atoms with Crippen molar-refractivity contribution in [1.82, 2.24) is 4.98 Å². The molecule has 0 radical (unpaired) electrons. The molecule has 5 heteroatoms. The van der Waals surface area contributed by atoms with Gasteiger partial charge in [-0.1, -0.05) is 6.07 Å². The van der Waals surface area contributed by atoms with Crippen LogP contribution in [0.4, 0.5) is 11.6 Å². The summed E-state index contributed by atoms with van der Waals surface area (Å²) in [6, 6.07) is 5.53. The molecule has 1 heterocycles. The summed E-state index contributed by atoms with van der Waals surface area (Å²) in [6.45, 7) is 0.148. The minimum absolute atomic E-state index is 0.148. The lowest BCUT2D eigenvalue weighted by Crippen LogP contribution is -2.48. The second-order valence-corrected chi connectivity index (χ2v) is 3.97. The zero-order chi connectivity index (χ0) is 10.7. The van der Waals surface area contributed by atoms with Crippen molar-refractivity contribution in [3.8, 4) is 0 Å². The molecule has 0 atom stereocenters. The van der Waals surface area contributed by atoms with E-state index in [1.54, 1.807) is 6.07 Å². The summed E-state index contributed by atoms with van der Waals surface area (Å²) >= 11 is 0. The van der Waals surface area contributed by atoms with Crippen LogP contribution in [0.2, 0.25) is 0 Å². The molecular weight excluding hydrogens is 192 g/mol. The van der Waals surface area contributed by atoms with Crippen LogP contribution in [0.1, 0.15) is 19.3 Å². The van der Waals surface area contributed by atoms with E-state index in [1.165, 1.54) is 0 Å². The standard InChI is InChI=1S/C10H16N4O/c11-14-9-4-1-3-8(12-9)13-10(7-15)5-2-6-10/h1,3-4,15H,2,5-7,11H2,(H2,12,13,14). The fraction of sp³-hybridized carbons (Fsp3) is 0.500. The Balaban J connectivity index is 2.09. The van der Waals surface area contributed by atoms with E-state index < -0.39 is 0 Å². The molecule has 15 heavy (non-hydrogen) atoms. The van der Waals surface area contributed by atoms with Gasteiger partial charge in [0.15, 0.2) is 0 Å². The maximum Gasteiger partial charge on any atom is 0.142 e. The Morgan fingerprint density at radius 3 is 2.67 bits per heavy atom. The molecule has 0 unspecified atom stereocenters. The molecule has 1 aliphatic carbocycles. The van der Waals surface area contributed by atoms with Crippen molar-refractivity contribution in [1.29, 1.82) is 0 Å². The number of nitrogens with one attached hydrogen (secondary N) is 2. The molecule has 0 bridgehead atoms. The van der Waals surface area contributed by atoms with Crippen LogP contribution in [-0.2, 0) is 0 Å².